The molecule has 2 rings (SSSR count). The number of aryl methyl sites for hydroxylation is 1. The van der Waals surface area contributed by atoms with Crippen LogP contribution >= 0.6 is 0 Å². The van der Waals surface area contributed by atoms with Crippen molar-refractivity contribution in [2.24, 2.45) is 5.73 Å². The molecule has 0 bridgehead atoms. The van der Waals surface area contributed by atoms with Crippen LogP contribution in [0.25, 0.3) is 0 Å². The van der Waals surface area contributed by atoms with Crippen molar-refractivity contribution in [1.82, 2.24) is 0 Å². The molecule has 0 atom stereocenters. The van der Waals surface area contributed by atoms with E-state index in [2.05, 4.69) is 5.32 Å². The number of aromatic hydroxyl groups is 1. The van der Waals surface area contributed by atoms with Gasteiger partial charge in [-0.15, -0.1) is 0 Å². The summed E-state index contributed by atoms with van der Waals surface area (Å²) in [4.78, 5) is 12.1. The van der Waals surface area contributed by atoms with Gasteiger partial charge in [0.05, 0.1) is 6.42 Å². The normalized spacial score (nSPS) is 10.3. The molecule has 20 heavy (non-hydrogen) atoms. The zero-order chi connectivity index (χ0) is 14.5. The number of carbonyl (C=O) groups excluding carboxylic acids is 1. The van der Waals surface area contributed by atoms with Crippen molar-refractivity contribution in [2.75, 3.05) is 5.32 Å². The van der Waals surface area contributed by atoms with E-state index in [0.717, 1.165) is 16.7 Å². The minimum absolute atomic E-state index is 0.0975. The van der Waals surface area contributed by atoms with Gasteiger partial charge in [-0.25, -0.2) is 0 Å². The second-order valence-corrected chi connectivity index (χ2v) is 4.70. The average Bonchev–Trinajstić information content (AvgIpc) is 2.42. The number of rotatable bonds is 4. The number of hydrogen-bond donors (Lipinski definition) is 3. The van der Waals surface area contributed by atoms with E-state index >= 15 is 0 Å². The van der Waals surface area contributed by atoms with Crippen LogP contribution in [0.4, 0.5) is 5.69 Å². The van der Waals surface area contributed by atoms with Crippen molar-refractivity contribution in [2.45, 2.75) is 19.9 Å². The molecule has 4 N–H and O–H groups in total. The highest BCUT2D eigenvalue weighted by Crippen LogP contribution is 2.20. The quantitative estimate of drug-likeness (QED) is 0.746. The van der Waals surface area contributed by atoms with Crippen molar-refractivity contribution in [3.63, 3.8) is 0 Å². The number of phenols is 1. The minimum atomic E-state index is -0.0975. The van der Waals surface area contributed by atoms with E-state index in [4.69, 9.17) is 5.73 Å². The Morgan fingerprint density at radius 2 is 1.90 bits per heavy atom. The SMILES string of the molecule is Cc1cc(O)ccc1NC(=O)Cc1ccccc1CN. The van der Waals surface area contributed by atoms with Crippen LogP contribution in [0.5, 0.6) is 5.75 Å². The van der Waals surface area contributed by atoms with Crippen LogP contribution in [0.3, 0.4) is 0 Å². The molecule has 0 spiro atoms. The number of anilines is 1. The summed E-state index contributed by atoms with van der Waals surface area (Å²) in [5.41, 5.74) is 9.10. The molecule has 0 unspecified atom stereocenters. The third-order valence-corrected chi connectivity index (χ3v) is 3.17. The molecule has 0 saturated carbocycles. The summed E-state index contributed by atoms with van der Waals surface area (Å²) in [6.07, 6.45) is 0.285. The Bertz CT molecular complexity index is 624. The van der Waals surface area contributed by atoms with Gasteiger partial charge >= 0.3 is 0 Å². The summed E-state index contributed by atoms with van der Waals surface area (Å²) >= 11 is 0. The fourth-order valence-corrected chi connectivity index (χ4v) is 2.08. The summed E-state index contributed by atoms with van der Waals surface area (Å²) < 4.78 is 0. The molecule has 1 amide bonds. The van der Waals surface area contributed by atoms with Crippen molar-refractivity contribution in [1.29, 1.82) is 0 Å². The van der Waals surface area contributed by atoms with Crippen LogP contribution < -0.4 is 11.1 Å². The molecule has 0 saturated heterocycles. The monoisotopic (exact) mass is 270 g/mol. The molecular formula is C16H18N2O2. The van der Waals surface area contributed by atoms with Crippen LogP contribution in [0.15, 0.2) is 42.5 Å². The minimum Gasteiger partial charge on any atom is -0.508 e. The van der Waals surface area contributed by atoms with Gasteiger partial charge in [0.25, 0.3) is 0 Å². The average molecular weight is 270 g/mol. The molecule has 0 aliphatic carbocycles. The van der Waals surface area contributed by atoms with Gasteiger partial charge in [-0.2, -0.15) is 0 Å². The first-order valence-electron chi connectivity index (χ1n) is 6.46. The van der Waals surface area contributed by atoms with Gasteiger partial charge in [-0.05, 0) is 41.8 Å². The Balaban J connectivity index is 2.09. The largest absolute Gasteiger partial charge is 0.508 e. The maximum Gasteiger partial charge on any atom is 0.228 e. The second-order valence-electron chi connectivity index (χ2n) is 4.70. The Labute approximate surface area is 118 Å². The van der Waals surface area contributed by atoms with Gasteiger partial charge in [0.15, 0.2) is 0 Å². The van der Waals surface area contributed by atoms with Crippen LogP contribution in [-0.4, -0.2) is 11.0 Å². The van der Waals surface area contributed by atoms with Crippen molar-refractivity contribution in [3.8, 4) is 5.75 Å². The van der Waals surface area contributed by atoms with Crippen molar-refractivity contribution < 1.29 is 9.90 Å². The van der Waals surface area contributed by atoms with E-state index in [-0.39, 0.29) is 18.1 Å². The molecule has 4 heteroatoms. The lowest BCUT2D eigenvalue weighted by Crippen LogP contribution is -2.16. The Morgan fingerprint density at radius 3 is 2.55 bits per heavy atom. The maximum atomic E-state index is 12.1. The highest BCUT2D eigenvalue weighted by Gasteiger charge is 2.08. The van der Waals surface area contributed by atoms with Crippen LogP contribution in [0, 0.1) is 6.92 Å². The van der Waals surface area contributed by atoms with Crippen molar-refractivity contribution in [3.05, 3.63) is 59.2 Å². The molecule has 0 aliphatic rings. The van der Waals surface area contributed by atoms with E-state index in [0.29, 0.717) is 12.2 Å². The number of nitrogens with one attached hydrogen (secondary N) is 1. The standard InChI is InChI=1S/C16H18N2O2/c1-11-8-14(19)6-7-15(11)18-16(20)9-12-4-2-3-5-13(12)10-17/h2-8,19H,9-10,17H2,1H3,(H,18,20). The lowest BCUT2D eigenvalue weighted by molar-refractivity contribution is -0.115. The fourth-order valence-electron chi connectivity index (χ4n) is 2.08. The van der Waals surface area contributed by atoms with Gasteiger partial charge < -0.3 is 16.2 Å². The number of phenolic OH excluding ortho intramolecular Hbond substituents is 1. The predicted octanol–water partition coefficient (Wildman–Crippen LogP) is 2.34. The third-order valence-electron chi connectivity index (χ3n) is 3.17. The van der Waals surface area contributed by atoms with Gasteiger partial charge in [-0.3, -0.25) is 4.79 Å². The molecule has 0 aromatic heterocycles. The first kappa shape index (κ1) is 14.1. The predicted molar refractivity (Wildman–Crippen MR) is 79.5 cm³/mol. The zero-order valence-corrected chi connectivity index (χ0v) is 11.4. The molecule has 0 heterocycles. The number of benzene rings is 2. The van der Waals surface area contributed by atoms with Gasteiger partial charge in [-0.1, -0.05) is 24.3 Å². The molecule has 2 aromatic carbocycles. The van der Waals surface area contributed by atoms with Gasteiger partial charge in [0, 0.05) is 12.2 Å². The van der Waals surface area contributed by atoms with Crippen LogP contribution in [0.2, 0.25) is 0 Å². The number of carbonyl (C=O) groups is 1. The Kier molecular flexibility index (Phi) is 4.38. The number of nitrogens with two attached hydrogens (primary N) is 1. The fraction of sp³-hybridized carbons (Fsp3) is 0.188. The number of hydrogen-bond acceptors (Lipinski definition) is 3. The molecule has 2 aromatic rings. The van der Waals surface area contributed by atoms with E-state index in [9.17, 15) is 9.90 Å². The smallest absolute Gasteiger partial charge is 0.228 e. The highest BCUT2D eigenvalue weighted by atomic mass is 16.3. The molecule has 0 radical (unpaired) electrons. The summed E-state index contributed by atoms with van der Waals surface area (Å²) in [7, 11) is 0. The Hall–Kier alpha value is -2.33. The summed E-state index contributed by atoms with van der Waals surface area (Å²) in [5, 5.41) is 12.2. The first-order valence-corrected chi connectivity index (χ1v) is 6.46. The van der Waals surface area contributed by atoms with E-state index in [1.165, 1.54) is 0 Å². The zero-order valence-electron chi connectivity index (χ0n) is 11.4. The molecule has 104 valence electrons. The van der Waals surface area contributed by atoms with Gasteiger partial charge in [0.1, 0.15) is 5.75 Å². The highest BCUT2D eigenvalue weighted by molar-refractivity contribution is 5.93. The lowest BCUT2D eigenvalue weighted by atomic mass is 10.0. The van der Waals surface area contributed by atoms with Crippen LogP contribution in [0.1, 0.15) is 16.7 Å². The third kappa shape index (κ3) is 3.36. The second kappa shape index (κ2) is 6.21. The van der Waals surface area contributed by atoms with Gasteiger partial charge in [0.2, 0.25) is 5.91 Å². The topological polar surface area (TPSA) is 75.3 Å². The Morgan fingerprint density at radius 1 is 1.20 bits per heavy atom. The van der Waals surface area contributed by atoms with E-state index in [1.807, 2.05) is 31.2 Å². The number of amides is 1. The van der Waals surface area contributed by atoms with Crippen molar-refractivity contribution >= 4 is 11.6 Å². The molecular weight excluding hydrogens is 252 g/mol. The first-order chi connectivity index (χ1) is 9.60. The lowest BCUT2D eigenvalue weighted by Gasteiger charge is -2.10. The molecule has 4 nitrogen and oxygen atoms in total. The van der Waals surface area contributed by atoms with Crippen LogP contribution in [-0.2, 0) is 17.8 Å². The van der Waals surface area contributed by atoms with E-state index < -0.39 is 0 Å². The van der Waals surface area contributed by atoms with E-state index in [1.54, 1.807) is 18.2 Å². The molecule has 0 aliphatic heterocycles. The summed E-state index contributed by atoms with van der Waals surface area (Å²) in [6.45, 7) is 2.25. The molecule has 0 fully saturated rings. The summed E-state index contributed by atoms with van der Waals surface area (Å²) in [6, 6.07) is 12.5. The summed E-state index contributed by atoms with van der Waals surface area (Å²) in [5.74, 6) is 0.0914. The maximum absolute atomic E-state index is 12.1.